The molecule has 136 valence electrons. The molecule has 2 heterocycles. The summed E-state index contributed by atoms with van der Waals surface area (Å²) in [6, 6.07) is 10.1. The standard InChI is InChI=1S/C20H29N3O2/c1-17(21-12-6-3-7-13-21)10-11-19(24)22-14-15-23(20(25)16-22)18-8-4-2-5-9-18/h2,4-5,8-9,17H,3,6-7,10-16H2,1H3/t17-/m1/s1. The summed E-state index contributed by atoms with van der Waals surface area (Å²) < 4.78 is 0. The maximum absolute atomic E-state index is 12.5. The molecule has 0 unspecified atom stereocenters. The molecule has 2 aliphatic rings. The van der Waals surface area contributed by atoms with Crippen LogP contribution in [0.2, 0.25) is 0 Å². The van der Waals surface area contributed by atoms with Crippen molar-refractivity contribution in [3.8, 4) is 0 Å². The molecule has 0 aromatic heterocycles. The van der Waals surface area contributed by atoms with Crippen molar-refractivity contribution in [1.29, 1.82) is 0 Å². The van der Waals surface area contributed by atoms with Gasteiger partial charge < -0.3 is 14.7 Å². The number of benzene rings is 1. The SMILES string of the molecule is C[C@H](CCC(=O)N1CCN(c2ccccc2)C(=O)C1)N1CCCCC1. The van der Waals surface area contributed by atoms with E-state index in [9.17, 15) is 9.59 Å². The molecule has 1 aromatic rings. The fourth-order valence-corrected chi connectivity index (χ4v) is 3.80. The van der Waals surface area contributed by atoms with E-state index in [2.05, 4.69) is 11.8 Å². The first kappa shape index (κ1) is 17.9. The number of para-hydroxylation sites is 1. The van der Waals surface area contributed by atoms with Gasteiger partial charge >= 0.3 is 0 Å². The van der Waals surface area contributed by atoms with E-state index in [0.29, 0.717) is 25.6 Å². The maximum Gasteiger partial charge on any atom is 0.246 e. The monoisotopic (exact) mass is 343 g/mol. The summed E-state index contributed by atoms with van der Waals surface area (Å²) in [5.74, 6) is 0.125. The van der Waals surface area contributed by atoms with Crippen LogP contribution in [0.3, 0.4) is 0 Å². The van der Waals surface area contributed by atoms with E-state index in [4.69, 9.17) is 0 Å². The van der Waals surface area contributed by atoms with Crippen LogP contribution in [-0.4, -0.2) is 60.4 Å². The van der Waals surface area contributed by atoms with Crippen LogP contribution in [0.15, 0.2) is 30.3 Å². The van der Waals surface area contributed by atoms with Crippen LogP contribution in [0.1, 0.15) is 39.0 Å². The lowest BCUT2D eigenvalue weighted by Gasteiger charge is -2.35. The highest BCUT2D eigenvalue weighted by atomic mass is 16.2. The normalized spacial score (nSPS) is 20.6. The molecular formula is C20H29N3O2. The van der Waals surface area contributed by atoms with Crippen molar-refractivity contribution < 1.29 is 9.59 Å². The van der Waals surface area contributed by atoms with Gasteiger partial charge in [0.25, 0.3) is 0 Å². The second kappa shape index (κ2) is 8.48. The van der Waals surface area contributed by atoms with E-state index >= 15 is 0 Å². The van der Waals surface area contributed by atoms with Crippen molar-refractivity contribution >= 4 is 17.5 Å². The Labute approximate surface area is 150 Å². The van der Waals surface area contributed by atoms with Gasteiger partial charge in [-0.25, -0.2) is 0 Å². The molecule has 0 spiro atoms. The quantitative estimate of drug-likeness (QED) is 0.825. The summed E-state index contributed by atoms with van der Waals surface area (Å²) in [7, 11) is 0. The number of piperidine rings is 1. The number of nitrogens with zero attached hydrogens (tertiary/aromatic N) is 3. The topological polar surface area (TPSA) is 43.9 Å². The van der Waals surface area contributed by atoms with Gasteiger partial charge in [0.2, 0.25) is 11.8 Å². The summed E-state index contributed by atoms with van der Waals surface area (Å²) in [6.45, 7) is 5.93. The van der Waals surface area contributed by atoms with E-state index in [1.165, 1.54) is 19.3 Å². The maximum atomic E-state index is 12.5. The third kappa shape index (κ3) is 4.60. The first-order chi connectivity index (χ1) is 12.1. The van der Waals surface area contributed by atoms with E-state index in [1.54, 1.807) is 9.80 Å². The minimum atomic E-state index is 0.00915. The Kier molecular flexibility index (Phi) is 6.08. The molecule has 5 heteroatoms. The summed E-state index contributed by atoms with van der Waals surface area (Å²) in [5, 5.41) is 0. The lowest BCUT2D eigenvalue weighted by molar-refractivity contribution is -0.137. The molecule has 2 aliphatic heterocycles. The van der Waals surface area contributed by atoms with Crippen LogP contribution in [-0.2, 0) is 9.59 Å². The zero-order valence-electron chi connectivity index (χ0n) is 15.2. The predicted molar refractivity (Wildman–Crippen MR) is 99.5 cm³/mol. The van der Waals surface area contributed by atoms with Crippen molar-refractivity contribution in [3.05, 3.63) is 30.3 Å². The van der Waals surface area contributed by atoms with Gasteiger partial charge in [-0.1, -0.05) is 24.6 Å². The second-order valence-electron chi connectivity index (χ2n) is 7.18. The largest absolute Gasteiger partial charge is 0.332 e. The van der Waals surface area contributed by atoms with Gasteiger partial charge in [0.15, 0.2) is 0 Å². The molecule has 2 amide bonds. The second-order valence-corrected chi connectivity index (χ2v) is 7.18. The average Bonchev–Trinajstić information content (AvgIpc) is 2.67. The molecule has 0 bridgehead atoms. The lowest BCUT2D eigenvalue weighted by atomic mass is 10.1. The van der Waals surface area contributed by atoms with Gasteiger partial charge in [-0.3, -0.25) is 9.59 Å². The Bertz CT molecular complexity index is 584. The van der Waals surface area contributed by atoms with E-state index < -0.39 is 0 Å². The number of piperazine rings is 1. The van der Waals surface area contributed by atoms with E-state index in [0.717, 1.165) is 25.2 Å². The Morgan fingerprint density at radius 2 is 1.76 bits per heavy atom. The van der Waals surface area contributed by atoms with Gasteiger partial charge in [0.05, 0.1) is 0 Å². The van der Waals surface area contributed by atoms with Crippen molar-refractivity contribution in [2.45, 2.75) is 45.1 Å². The van der Waals surface area contributed by atoms with Crippen molar-refractivity contribution in [2.24, 2.45) is 0 Å². The molecule has 2 fully saturated rings. The highest BCUT2D eigenvalue weighted by Gasteiger charge is 2.28. The van der Waals surface area contributed by atoms with Crippen molar-refractivity contribution in [1.82, 2.24) is 9.80 Å². The van der Waals surface area contributed by atoms with Gasteiger partial charge in [0.1, 0.15) is 6.54 Å². The fraction of sp³-hybridized carbons (Fsp3) is 0.600. The molecule has 0 radical (unpaired) electrons. The molecule has 1 atom stereocenters. The minimum absolute atomic E-state index is 0.00915. The average molecular weight is 343 g/mol. The number of amides is 2. The highest BCUT2D eigenvalue weighted by Crippen LogP contribution is 2.18. The Morgan fingerprint density at radius 1 is 1.04 bits per heavy atom. The first-order valence-corrected chi connectivity index (χ1v) is 9.52. The zero-order chi connectivity index (χ0) is 17.6. The molecule has 3 rings (SSSR count). The molecule has 0 N–H and O–H groups in total. The molecule has 2 saturated heterocycles. The van der Waals surface area contributed by atoms with Crippen molar-refractivity contribution in [3.63, 3.8) is 0 Å². The molecular weight excluding hydrogens is 314 g/mol. The summed E-state index contributed by atoms with van der Waals surface area (Å²) in [6.07, 6.45) is 5.29. The van der Waals surface area contributed by atoms with Crippen LogP contribution in [0.4, 0.5) is 5.69 Å². The third-order valence-corrected chi connectivity index (χ3v) is 5.43. The van der Waals surface area contributed by atoms with Gasteiger partial charge in [-0.2, -0.15) is 0 Å². The molecule has 25 heavy (non-hydrogen) atoms. The van der Waals surface area contributed by atoms with E-state index in [1.807, 2.05) is 30.3 Å². The Morgan fingerprint density at radius 3 is 2.44 bits per heavy atom. The molecule has 5 nitrogen and oxygen atoms in total. The Balaban J connectivity index is 1.46. The molecule has 0 aliphatic carbocycles. The smallest absolute Gasteiger partial charge is 0.246 e. The highest BCUT2D eigenvalue weighted by molar-refractivity contribution is 5.97. The lowest BCUT2D eigenvalue weighted by Crippen LogP contribution is -2.52. The van der Waals surface area contributed by atoms with Crippen molar-refractivity contribution in [2.75, 3.05) is 37.6 Å². The number of hydrogen-bond donors (Lipinski definition) is 0. The minimum Gasteiger partial charge on any atom is -0.332 e. The van der Waals surface area contributed by atoms with Crippen LogP contribution >= 0.6 is 0 Å². The van der Waals surface area contributed by atoms with Gasteiger partial charge in [-0.15, -0.1) is 0 Å². The van der Waals surface area contributed by atoms with Crippen LogP contribution in [0.25, 0.3) is 0 Å². The van der Waals surface area contributed by atoms with Gasteiger partial charge in [0, 0.05) is 31.2 Å². The number of carbonyl (C=O) groups is 2. The number of carbonyl (C=O) groups excluding carboxylic acids is 2. The Hall–Kier alpha value is -1.88. The number of rotatable bonds is 5. The number of hydrogen-bond acceptors (Lipinski definition) is 3. The van der Waals surface area contributed by atoms with E-state index in [-0.39, 0.29) is 18.4 Å². The number of likely N-dealkylation sites (tertiary alicyclic amines) is 1. The summed E-state index contributed by atoms with van der Waals surface area (Å²) >= 11 is 0. The molecule has 0 saturated carbocycles. The fourth-order valence-electron chi connectivity index (χ4n) is 3.80. The first-order valence-electron chi connectivity index (χ1n) is 9.52. The van der Waals surface area contributed by atoms with Crippen LogP contribution in [0, 0.1) is 0 Å². The molecule has 1 aromatic carbocycles. The van der Waals surface area contributed by atoms with Crippen LogP contribution in [0.5, 0.6) is 0 Å². The predicted octanol–water partition coefficient (Wildman–Crippen LogP) is 2.52. The van der Waals surface area contributed by atoms with Gasteiger partial charge in [-0.05, 0) is 51.4 Å². The van der Waals surface area contributed by atoms with Crippen LogP contribution < -0.4 is 4.90 Å². The number of anilines is 1. The summed E-state index contributed by atoms with van der Waals surface area (Å²) in [5.41, 5.74) is 0.915. The third-order valence-electron chi connectivity index (χ3n) is 5.43. The zero-order valence-corrected chi connectivity index (χ0v) is 15.2. The summed E-state index contributed by atoms with van der Waals surface area (Å²) in [4.78, 5) is 30.9.